The average molecular weight is 813 g/mol. The molecule has 0 saturated carbocycles. The fourth-order valence-electron chi connectivity index (χ4n) is 7.51. The van der Waals surface area contributed by atoms with Gasteiger partial charge in [-0.05, 0) is 122 Å². The van der Waals surface area contributed by atoms with E-state index >= 15 is 0 Å². The number of unbranched alkanes of at least 4 members (excludes halogenated alkanes) is 3. The molecule has 2 aromatic heterocycles. The van der Waals surface area contributed by atoms with Gasteiger partial charge in [-0.3, -0.25) is 28.7 Å². The fourth-order valence-corrected chi connectivity index (χ4v) is 7.51. The van der Waals surface area contributed by atoms with Crippen LogP contribution in [0.5, 0.6) is 11.8 Å². The van der Waals surface area contributed by atoms with Gasteiger partial charge in [0.2, 0.25) is 11.8 Å². The van der Waals surface area contributed by atoms with Crippen molar-refractivity contribution in [2.45, 2.75) is 119 Å². The number of aliphatic imine (C=N–C) groups is 2. The molecule has 0 radical (unpaired) electrons. The van der Waals surface area contributed by atoms with Gasteiger partial charge in [-0.2, -0.15) is 0 Å². The lowest BCUT2D eigenvalue weighted by Gasteiger charge is -2.21. The van der Waals surface area contributed by atoms with Gasteiger partial charge < -0.3 is 10.2 Å². The van der Waals surface area contributed by atoms with Crippen molar-refractivity contribution >= 4 is 23.6 Å². The molecule has 12 nitrogen and oxygen atoms in total. The molecular weight excluding hydrogens is 757 g/mol. The monoisotopic (exact) mass is 812 g/mol. The number of hydrogen-bond acceptors (Lipinski definition) is 8. The Bertz CT molecular complexity index is 2630. The van der Waals surface area contributed by atoms with Crippen molar-refractivity contribution in [3.8, 4) is 23.1 Å². The fraction of sp³-hybridized carbons (Fsp3) is 0.375. The third-order valence-corrected chi connectivity index (χ3v) is 11.0. The molecule has 0 amide bonds. The first kappa shape index (κ1) is 43.3. The van der Waals surface area contributed by atoms with Gasteiger partial charge in [-0.15, -0.1) is 0 Å². The molecule has 2 aliphatic rings. The van der Waals surface area contributed by atoms with Crippen molar-refractivity contribution in [3.63, 3.8) is 0 Å². The summed E-state index contributed by atoms with van der Waals surface area (Å²) in [4.78, 5) is 65.3. The molecule has 12 heteroatoms. The minimum absolute atomic E-state index is 0.0371. The zero-order chi connectivity index (χ0) is 43.8. The highest BCUT2D eigenvalue weighted by atomic mass is 16.3. The summed E-state index contributed by atoms with van der Waals surface area (Å²) in [6, 6.07) is 14.6. The maximum Gasteiger partial charge on any atom is 0.338 e. The van der Waals surface area contributed by atoms with E-state index in [0.717, 1.165) is 42.8 Å². The molecule has 0 fully saturated rings. The number of benzene rings is 2. The first-order chi connectivity index (χ1) is 28.2. The Morgan fingerprint density at radius 1 is 0.567 bits per heavy atom. The molecule has 0 saturated heterocycles. The number of rotatable bonds is 11. The number of aromatic nitrogens is 4. The van der Waals surface area contributed by atoms with Crippen LogP contribution in [0.3, 0.4) is 0 Å². The van der Waals surface area contributed by atoms with E-state index in [4.69, 9.17) is 0 Å². The van der Waals surface area contributed by atoms with E-state index in [1.165, 1.54) is 21.3 Å². The van der Waals surface area contributed by atoms with E-state index in [9.17, 15) is 29.4 Å². The molecule has 60 heavy (non-hydrogen) atoms. The zero-order valence-corrected chi connectivity index (χ0v) is 36.4. The summed E-state index contributed by atoms with van der Waals surface area (Å²) in [6.45, 7) is 20.0. The first-order valence-electron chi connectivity index (χ1n) is 20.5. The predicted octanol–water partition coefficient (Wildman–Crippen LogP) is 8.10. The second kappa shape index (κ2) is 16.8. The smallest absolute Gasteiger partial charge is 0.338 e. The standard InChI is InChI=1S/C48H56N6O6/c1-29-23-31(3)49-39(29)27-37-41(55)51(45(59)53(43(37)57)35-19-15-17-33(25-35)47(5,6)7)21-13-11-12-14-22-52-42(56)38(28-40-30(2)24-32(4)50-40)44(58)54(46(52)60)36-20-16-18-34(26-36)48(8,9)10/h15-20,23-28,55-56H,11-14,21-22H2,1-10H3. The molecule has 0 unspecified atom stereocenters. The summed E-state index contributed by atoms with van der Waals surface area (Å²) < 4.78 is 4.66. The Labute approximate surface area is 350 Å². The van der Waals surface area contributed by atoms with Crippen LogP contribution in [0.25, 0.3) is 23.5 Å². The van der Waals surface area contributed by atoms with Crippen molar-refractivity contribution in [1.29, 1.82) is 0 Å². The molecular formula is C48H56N6O6. The van der Waals surface area contributed by atoms with Crippen LogP contribution in [0.15, 0.2) is 112 Å². The lowest BCUT2D eigenvalue weighted by atomic mass is 9.87. The summed E-state index contributed by atoms with van der Waals surface area (Å²) in [7, 11) is 0. The average Bonchev–Trinajstić information content (AvgIpc) is 3.67. The van der Waals surface area contributed by atoms with Gasteiger partial charge in [-0.1, -0.05) is 78.6 Å². The van der Waals surface area contributed by atoms with Crippen LogP contribution < -0.4 is 22.5 Å². The first-order valence-corrected chi connectivity index (χ1v) is 20.5. The molecule has 4 heterocycles. The van der Waals surface area contributed by atoms with Crippen molar-refractivity contribution in [2.24, 2.45) is 9.98 Å². The lowest BCUT2D eigenvalue weighted by Crippen LogP contribution is -2.40. The summed E-state index contributed by atoms with van der Waals surface area (Å²) >= 11 is 0. The minimum Gasteiger partial charge on any atom is -0.494 e. The Morgan fingerprint density at radius 2 is 0.933 bits per heavy atom. The molecule has 0 aliphatic carbocycles. The van der Waals surface area contributed by atoms with Crippen molar-refractivity contribution < 1.29 is 10.2 Å². The van der Waals surface area contributed by atoms with Gasteiger partial charge in [0.1, 0.15) is 11.1 Å². The normalized spacial score (nSPS) is 15.8. The molecule has 2 aromatic carbocycles. The van der Waals surface area contributed by atoms with E-state index in [1.807, 2.05) is 76.2 Å². The lowest BCUT2D eigenvalue weighted by molar-refractivity contribution is 0.378. The summed E-state index contributed by atoms with van der Waals surface area (Å²) in [5.41, 5.74) is 3.79. The number of allylic oxidation sites excluding steroid dienone is 4. The molecule has 314 valence electrons. The Hall–Kier alpha value is -6.30. The molecule has 6 rings (SSSR count). The third-order valence-electron chi connectivity index (χ3n) is 11.0. The number of aromatic hydroxyl groups is 2. The predicted molar refractivity (Wildman–Crippen MR) is 241 cm³/mol. The van der Waals surface area contributed by atoms with E-state index < -0.39 is 34.3 Å². The summed E-state index contributed by atoms with van der Waals surface area (Å²) in [5.74, 6) is -0.868. The number of nitrogens with zero attached hydrogens (tertiary/aromatic N) is 6. The largest absolute Gasteiger partial charge is 0.494 e. The van der Waals surface area contributed by atoms with Gasteiger partial charge in [-0.25, -0.2) is 18.7 Å². The topological polar surface area (TPSA) is 153 Å². The van der Waals surface area contributed by atoms with Crippen LogP contribution in [0.2, 0.25) is 0 Å². The van der Waals surface area contributed by atoms with E-state index in [1.54, 1.807) is 12.1 Å². The van der Waals surface area contributed by atoms with Gasteiger partial charge in [0, 0.05) is 24.5 Å². The highest BCUT2D eigenvalue weighted by Crippen LogP contribution is 2.28. The van der Waals surface area contributed by atoms with E-state index in [-0.39, 0.29) is 35.0 Å². The van der Waals surface area contributed by atoms with Gasteiger partial charge >= 0.3 is 11.4 Å². The van der Waals surface area contributed by atoms with Gasteiger partial charge in [0.15, 0.2) is 0 Å². The minimum atomic E-state index is -0.660. The molecule has 0 atom stereocenters. The van der Waals surface area contributed by atoms with E-state index in [2.05, 4.69) is 51.5 Å². The van der Waals surface area contributed by atoms with Gasteiger partial charge in [0.05, 0.1) is 22.8 Å². The third kappa shape index (κ3) is 8.83. The van der Waals surface area contributed by atoms with Crippen molar-refractivity contribution in [2.75, 3.05) is 0 Å². The second-order valence-corrected chi connectivity index (χ2v) is 17.9. The molecule has 2 aliphatic heterocycles. The SMILES string of the molecule is CC1=CC(C)=NC1=Cc1c(O)n(CCCCCCn2c(O)c(C=C3N=C(C)C=C3C)c(=O)n(-c3cccc(C(C)(C)C)c3)c2=O)c(=O)n(-c2cccc(C(C)(C)C)c2)c1=O. The van der Waals surface area contributed by atoms with Crippen LogP contribution in [0, 0.1) is 0 Å². The molecule has 4 aromatic rings. The Kier molecular flexibility index (Phi) is 12.1. The van der Waals surface area contributed by atoms with Crippen molar-refractivity contribution in [1.82, 2.24) is 18.3 Å². The second-order valence-electron chi connectivity index (χ2n) is 17.9. The van der Waals surface area contributed by atoms with Crippen molar-refractivity contribution in [3.05, 3.63) is 147 Å². The molecule has 2 N–H and O–H groups in total. The zero-order valence-electron chi connectivity index (χ0n) is 36.4. The van der Waals surface area contributed by atoms with Crippen LogP contribution in [0.4, 0.5) is 0 Å². The quantitative estimate of drug-likeness (QED) is 0.146. The molecule has 0 bridgehead atoms. The van der Waals surface area contributed by atoms with E-state index in [0.29, 0.717) is 48.5 Å². The van der Waals surface area contributed by atoms with Crippen LogP contribution in [0.1, 0.15) is 117 Å². The maximum absolute atomic E-state index is 14.1. The van der Waals surface area contributed by atoms with Crippen LogP contribution in [-0.2, 0) is 23.9 Å². The highest BCUT2D eigenvalue weighted by molar-refractivity contribution is 5.99. The maximum atomic E-state index is 14.1. The Balaban J connectivity index is 1.30. The number of hydrogen-bond donors (Lipinski definition) is 2. The summed E-state index contributed by atoms with van der Waals surface area (Å²) in [5, 5.41) is 23.0. The highest BCUT2D eigenvalue weighted by Gasteiger charge is 2.24. The van der Waals surface area contributed by atoms with Crippen LogP contribution >= 0.6 is 0 Å². The summed E-state index contributed by atoms with van der Waals surface area (Å²) in [6.07, 6.45) is 8.93. The Morgan fingerprint density at radius 3 is 1.25 bits per heavy atom. The molecule has 0 spiro atoms. The van der Waals surface area contributed by atoms with Gasteiger partial charge in [0.25, 0.3) is 11.1 Å². The van der Waals surface area contributed by atoms with Crippen LogP contribution in [-0.4, -0.2) is 39.9 Å².